The summed E-state index contributed by atoms with van der Waals surface area (Å²) in [5.74, 6) is 0. The van der Waals surface area contributed by atoms with Gasteiger partial charge in [-0.1, -0.05) is 36.4 Å². The van der Waals surface area contributed by atoms with Crippen molar-refractivity contribution in [2.75, 3.05) is 6.54 Å². The number of hydrogen-bond donors (Lipinski definition) is 1. The van der Waals surface area contributed by atoms with Crippen molar-refractivity contribution in [2.45, 2.75) is 43.7 Å². The second-order valence-electron chi connectivity index (χ2n) is 5.08. The van der Waals surface area contributed by atoms with Gasteiger partial charge in [0.1, 0.15) is 5.03 Å². The maximum absolute atomic E-state index is 4.56. The molecule has 1 aromatic carbocycles. The normalized spacial score (nSPS) is 11.0. The van der Waals surface area contributed by atoms with Gasteiger partial charge in [-0.25, -0.2) is 0 Å². The Hall–Kier alpha value is -1.26. The van der Waals surface area contributed by atoms with E-state index in [1.165, 1.54) is 21.0 Å². The van der Waals surface area contributed by atoms with Crippen LogP contribution in [0.4, 0.5) is 0 Å². The van der Waals surface area contributed by atoms with Crippen molar-refractivity contribution in [2.24, 2.45) is 7.05 Å². The molecule has 0 aliphatic heterocycles. The molecule has 1 aromatic heterocycles. The molecule has 3 nitrogen and oxygen atoms in total. The van der Waals surface area contributed by atoms with E-state index in [4.69, 9.17) is 0 Å². The zero-order valence-electron chi connectivity index (χ0n) is 12.7. The molecule has 1 N–H and O–H groups in total. The molecule has 20 heavy (non-hydrogen) atoms. The molecule has 0 aliphatic carbocycles. The number of aromatic nitrogens is 2. The summed E-state index contributed by atoms with van der Waals surface area (Å²) in [6, 6.07) is 8.65. The summed E-state index contributed by atoms with van der Waals surface area (Å²) in [6.45, 7) is 8.32. The third-order valence-electron chi connectivity index (χ3n) is 3.25. The highest BCUT2D eigenvalue weighted by molar-refractivity contribution is 7.99. The van der Waals surface area contributed by atoms with E-state index >= 15 is 0 Å². The molecule has 0 fully saturated rings. The molecule has 0 spiro atoms. The zero-order valence-corrected chi connectivity index (χ0v) is 13.5. The van der Waals surface area contributed by atoms with E-state index in [1.54, 1.807) is 11.8 Å². The Labute approximate surface area is 125 Å². The predicted molar refractivity (Wildman–Crippen MR) is 85.2 cm³/mol. The topological polar surface area (TPSA) is 29.9 Å². The van der Waals surface area contributed by atoms with Crippen LogP contribution in [0.3, 0.4) is 0 Å². The van der Waals surface area contributed by atoms with Gasteiger partial charge < -0.3 is 5.32 Å². The lowest BCUT2D eigenvalue weighted by molar-refractivity contribution is 0.653. The fraction of sp³-hybridized carbons (Fsp3) is 0.438. The van der Waals surface area contributed by atoms with E-state index in [1.807, 2.05) is 11.7 Å². The van der Waals surface area contributed by atoms with Crippen molar-refractivity contribution in [3.8, 4) is 0 Å². The molecule has 0 amide bonds. The first-order valence-corrected chi connectivity index (χ1v) is 7.91. The molecule has 0 atom stereocenters. The van der Waals surface area contributed by atoms with E-state index < -0.39 is 0 Å². The molecular weight excluding hydrogens is 266 g/mol. The van der Waals surface area contributed by atoms with Gasteiger partial charge in [0.15, 0.2) is 0 Å². The quantitative estimate of drug-likeness (QED) is 0.823. The van der Waals surface area contributed by atoms with Crippen molar-refractivity contribution in [3.05, 3.63) is 41.1 Å². The number of nitrogens with zero attached hydrogens (tertiary/aromatic N) is 2. The minimum absolute atomic E-state index is 0.891. The lowest BCUT2D eigenvalue weighted by atomic mass is 10.2. The van der Waals surface area contributed by atoms with E-state index in [2.05, 4.69) is 55.5 Å². The van der Waals surface area contributed by atoms with Crippen molar-refractivity contribution >= 4 is 11.8 Å². The third kappa shape index (κ3) is 3.64. The smallest absolute Gasteiger partial charge is 0.103 e. The Bertz CT molecular complexity index is 558. The highest BCUT2D eigenvalue weighted by atomic mass is 32.2. The highest BCUT2D eigenvalue weighted by Gasteiger charge is 2.14. The van der Waals surface area contributed by atoms with Gasteiger partial charge in [-0.15, -0.1) is 0 Å². The van der Waals surface area contributed by atoms with Crippen molar-refractivity contribution in [3.63, 3.8) is 0 Å². The first-order valence-electron chi connectivity index (χ1n) is 7.09. The standard InChI is InChI=1S/C16H23N3S/c1-5-10-17-11-15-13(3)18-19(4)16(15)20-14-8-6-12(2)7-9-14/h6-9,17H,5,10-11H2,1-4H3. The SMILES string of the molecule is CCCNCc1c(C)nn(C)c1Sc1ccc(C)cc1. The van der Waals surface area contributed by atoms with E-state index in [-0.39, 0.29) is 0 Å². The van der Waals surface area contributed by atoms with Gasteiger partial charge in [0.05, 0.1) is 5.69 Å². The predicted octanol–water partition coefficient (Wildman–Crippen LogP) is 3.69. The summed E-state index contributed by atoms with van der Waals surface area (Å²) in [4.78, 5) is 1.26. The molecule has 4 heteroatoms. The summed E-state index contributed by atoms with van der Waals surface area (Å²) < 4.78 is 1.99. The van der Waals surface area contributed by atoms with Crippen molar-refractivity contribution in [1.29, 1.82) is 0 Å². The molecule has 0 radical (unpaired) electrons. The monoisotopic (exact) mass is 289 g/mol. The lowest BCUT2D eigenvalue weighted by Crippen LogP contribution is -2.14. The van der Waals surface area contributed by atoms with Crippen LogP contribution in [-0.4, -0.2) is 16.3 Å². The average molecular weight is 289 g/mol. The number of aryl methyl sites for hydroxylation is 3. The van der Waals surface area contributed by atoms with Crippen LogP contribution in [0.1, 0.15) is 30.2 Å². The van der Waals surface area contributed by atoms with E-state index in [0.717, 1.165) is 25.2 Å². The first-order chi connectivity index (χ1) is 9.61. The molecule has 0 unspecified atom stereocenters. The van der Waals surface area contributed by atoms with Crippen LogP contribution < -0.4 is 5.32 Å². The van der Waals surface area contributed by atoms with Crippen molar-refractivity contribution < 1.29 is 0 Å². The molecule has 2 aromatic rings. The van der Waals surface area contributed by atoms with Crippen LogP contribution in [0.25, 0.3) is 0 Å². The number of rotatable bonds is 6. The number of benzene rings is 1. The van der Waals surface area contributed by atoms with Crippen LogP contribution in [0.15, 0.2) is 34.2 Å². The Morgan fingerprint density at radius 3 is 2.55 bits per heavy atom. The Morgan fingerprint density at radius 1 is 1.20 bits per heavy atom. The molecular formula is C16H23N3S. The highest BCUT2D eigenvalue weighted by Crippen LogP contribution is 2.31. The first kappa shape index (κ1) is 15.1. The fourth-order valence-corrected chi connectivity index (χ4v) is 3.13. The second-order valence-corrected chi connectivity index (χ2v) is 6.15. The molecule has 0 aliphatic rings. The summed E-state index contributed by atoms with van der Waals surface area (Å²) in [7, 11) is 2.02. The minimum Gasteiger partial charge on any atom is -0.313 e. The van der Waals surface area contributed by atoms with E-state index in [0.29, 0.717) is 0 Å². The molecule has 0 bridgehead atoms. The van der Waals surface area contributed by atoms with Crippen LogP contribution in [-0.2, 0) is 13.6 Å². The van der Waals surface area contributed by atoms with Crippen LogP contribution in [0.5, 0.6) is 0 Å². The molecule has 108 valence electrons. The van der Waals surface area contributed by atoms with Crippen LogP contribution in [0, 0.1) is 13.8 Å². The van der Waals surface area contributed by atoms with Gasteiger partial charge in [0, 0.05) is 24.1 Å². The molecule has 2 rings (SSSR count). The maximum Gasteiger partial charge on any atom is 0.103 e. The largest absolute Gasteiger partial charge is 0.313 e. The van der Waals surface area contributed by atoms with Gasteiger partial charge in [-0.05, 0) is 38.9 Å². The summed E-state index contributed by atoms with van der Waals surface area (Å²) >= 11 is 1.79. The lowest BCUT2D eigenvalue weighted by Gasteiger charge is -2.08. The van der Waals surface area contributed by atoms with Gasteiger partial charge >= 0.3 is 0 Å². The number of nitrogens with one attached hydrogen (secondary N) is 1. The minimum atomic E-state index is 0.891. The van der Waals surface area contributed by atoms with Gasteiger partial charge in [0.25, 0.3) is 0 Å². The maximum atomic E-state index is 4.56. The second kappa shape index (κ2) is 6.95. The van der Waals surface area contributed by atoms with Crippen LogP contribution >= 0.6 is 11.8 Å². The van der Waals surface area contributed by atoms with Crippen LogP contribution in [0.2, 0.25) is 0 Å². The van der Waals surface area contributed by atoms with Gasteiger partial charge in [-0.3, -0.25) is 4.68 Å². The number of hydrogen-bond acceptors (Lipinski definition) is 3. The summed E-state index contributed by atoms with van der Waals surface area (Å²) in [6.07, 6.45) is 1.15. The Kier molecular flexibility index (Phi) is 5.26. The molecule has 0 saturated heterocycles. The molecule has 1 heterocycles. The average Bonchev–Trinajstić information content (AvgIpc) is 2.68. The van der Waals surface area contributed by atoms with Gasteiger partial charge in [0.2, 0.25) is 0 Å². The Balaban J connectivity index is 2.19. The zero-order chi connectivity index (χ0) is 14.5. The Morgan fingerprint density at radius 2 is 1.90 bits per heavy atom. The summed E-state index contributed by atoms with van der Waals surface area (Å²) in [5.41, 5.74) is 3.72. The molecule has 0 saturated carbocycles. The third-order valence-corrected chi connectivity index (χ3v) is 4.46. The van der Waals surface area contributed by atoms with E-state index in [9.17, 15) is 0 Å². The summed E-state index contributed by atoms with van der Waals surface area (Å²) in [5, 5.41) is 9.26. The van der Waals surface area contributed by atoms with Crippen molar-refractivity contribution in [1.82, 2.24) is 15.1 Å². The fourth-order valence-electron chi connectivity index (χ4n) is 2.12. The van der Waals surface area contributed by atoms with Gasteiger partial charge in [-0.2, -0.15) is 5.10 Å².